The summed E-state index contributed by atoms with van der Waals surface area (Å²) in [7, 11) is 2.26. The van der Waals surface area contributed by atoms with Gasteiger partial charge < -0.3 is 15.0 Å². The standard InChI is InChI=1S/C16H34N2O/c1-14(2)10-17-12-16(3,4)13-18(5)11-15-6-8-19-9-7-15/h14-15,17H,6-13H2,1-5H3. The third-order valence-corrected chi connectivity index (χ3v) is 3.76. The summed E-state index contributed by atoms with van der Waals surface area (Å²) < 4.78 is 5.43. The first-order valence-electron chi connectivity index (χ1n) is 7.86. The van der Waals surface area contributed by atoms with E-state index in [0.29, 0.717) is 5.41 Å². The summed E-state index contributed by atoms with van der Waals surface area (Å²) in [6.45, 7) is 15.8. The molecule has 0 unspecified atom stereocenters. The minimum Gasteiger partial charge on any atom is -0.381 e. The van der Waals surface area contributed by atoms with Crippen LogP contribution in [0.25, 0.3) is 0 Å². The lowest BCUT2D eigenvalue weighted by atomic mass is 9.91. The zero-order chi connectivity index (χ0) is 14.3. The first-order chi connectivity index (χ1) is 8.89. The SMILES string of the molecule is CC(C)CNCC(C)(C)CN(C)CC1CCOCC1. The summed E-state index contributed by atoms with van der Waals surface area (Å²) in [6.07, 6.45) is 2.47. The molecule has 1 rings (SSSR count). The summed E-state index contributed by atoms with van der Waals surface area (Å²) in [5.74, 6) is 1.56. The Bertz CT molecular complexity index is 235. The molecule has 1 N–H and O–H groups in total. The van der Waals surface area contributed by atoms with E-state index < -0.39 is 0 Å². The number of hydrogen-bond acceptors (Lipinski definition) is 3. The Balaban J connectivity index is 2.22. The van der Waals surface area contributed by atoms with Gasteiger partial charge >= 0.3 is 0 Å². The second kappa shape index (κ2) is 8.23. The third-order valence-electron chi connectivity index (χ3n) is 3.76. The fraction of sp³-hybridized carbons (Fsp3) is 1.00. The van der Waals surface area contributed by atoms with E-state index in [-0.39, 0.29) is 0 Å². The Morgan fingerprint density at radius 3 is 2.47 bits per heavy atom. The molecule has 114 valence electrons. The second-order valence-corrected chi connectivity index (χ2v) is 7.44. The lowest BCUT2D eigenvalue weighted by Crippen LogP contribution is -2.41. The molecule has 0 aromatic rings. The minimum absolute atomic E-state index is 0.342. The van der Waals surface area contributed by atoms with Crippen molar-refractivity contribution < 1.29 is 4.74 Å². The van der Waals surface area contributed by atoms with Crippen molar-refractivity contribution in [2.75, 3.05) is 46.4 Å². The Morgan fingerprint density at radius 1 is 1.26 bits per heavy atom. The van der Waals surface area contributed by atoms with Crippen LogP contribution in [0.15, 0.2) is 0 Å². The van der Waals surface area contributed by atoms with Crippen molar-refractivity contribution in [3.05, 3.63) is 0 Å². The van der Waals surface area contributed by atoms with Crippen molar-refractivity contribution in [3.8, 4) is 0 Å². The molecule has 0 aromatic heterocycles. The maximum atomic E-state index is 5.43. The molecule has 0 spiro atoms. The quantitative estimate of drug-likeness (QED) is 0.734. The fourth-order valence-electron chi connectivity index (χ4n) is 2.92. The van der Waals surface area contributed by atoms with Gasteiger partial charge in [-0.15, -0.1) is 0 Å². The average Bonchev–Trinajstić information content (AvgIpc) is 2.28. The lowest BCUT2D eigenvalue weighted by Gasteiger charge is -2.34. The van der Waals surface area contributed by atoms with Crippen molar-refractivity contribution in [3.63, 3.8) is 0 Å². The zero-order valence-corrected chi connectivity index (χ0v) is 13.7. The summed E-state index contributed by atoms with van der Waals surface area (Å²) in [5, 5.41) is 3.59. The number of rotatable bonds is 8. The molecule has 0 bridgehead atoms. The number of ether oxygens (including phenoxy) is 1. The first-order valence-corrected chi connectivity index (χ1v) is 7.86. The molecular formula is C16H34N2O. The van der Waals surface area contributed by atoms with Crippen molar-refractivity contribution in [1.29, 1.82) is 0 Å². The second-order valence-electron chi connectivity index (χ2n) is 7.44. The molecule has 0 aliphatic carbocycles. The van der Waals surface area contributed by atoms with Crippen molar-refractivity contribution >= 4 is 0 Å². The maximum absolute atomic E-state index is 5.43. The fourth-order valence-corrected chi connectivity index (χ4v) is 2.92. The lowest BCUT2D eigenvalue weighted by molar-refractivity contribution is 0.0512. The maximum Gasteiger partial charge on any atom is 0.0469 e. The molecule has 0 aromatic carbocycles. The smallest absolute Gasteiger partial charge is 0.0469 e. The number of nitrogens with one attached hydrogen (secondary N) is 1. The van der Waals surface area contributed by atoms with Gasteiger partial charge in [0.05, 0.1) is 0 Å². The summed E-state index contributed by atoms with van der Waals surface area (Å²) in [4.78, 5) is 2.51. The van der Waals surface area contributed by atoms with E-state index in [9.17, 15) is 0 Å². The highest BCUT2D eigenvalue weighted by molar-refractivity contribution is 4.77. The molecular weight excluding hydrogens is 236 g/mol. The van der Waals surface area contributed by atoms with Crippen LogP contribution < -0.4 is 5.32 Å². The molecule has 1 aliphatic heterocycles. The third kappa shape index (κ3) is 7.91. The van der Waals surface area contributed by atoms with Crippen molar-refractivity contribution in [2.24, 2.45) is 17.3 Å². The molecule has 1 saturated heterocycles. The first kappa shape index (κ1) is 16.9. The normalized spacial score (nSPS) is 18.5. The van der Waals surface area contributed by atoms with Crippen LogP contribution in [0.5, 0.6) is 0 Å². The van der Waals surface area contributed by atoms with Gasteiger partial charge in [-0.2, -0.15) is 0 Å². The Kier molecular flexibility index (Phi) is 7.33. The zero-order valence-electron chi connectivity index (χ0n) is 13.7. The predicted octanol–water partition coefficient (Wildman–Crippen LogP) is 2.62. The molecule has 0 amide bonds. The number of hydrogen-bond donors (Lipinski definition) is 1. The van der Waals surface area contributed by atoms with Crippen LogP contribution in [0, 0.1) is 17.3 Å². The monoisotopic (exact) mass is 270 g/mol. The molecule has 1 aliphatic rings. The molecule has 1 fully saturated rings. The average molecular weight is 270 g/mol. The van der Waals surface area contributed by atoms with E-state index in [4.69, 9.17) is 4.74 Å². The highest BCUT2D eigenvalue weighted by Crippen LogP contribution is 2.19. The number of nitrogens with zero attached hydrogens (tertiary/aromatic N) is 1. The molecule has 3 nitrogen and oxygen atoms in total. The van der Waals surface area contributed by atoms with E-state index in [1.165, 1.54) is 19.4 Å². The largest absolute Gasteiger partial charge is 0.381 e. The molecule has 3 heteroatoms. The molecule has 19 heavy (non-hydrogen) atoms. The van der Waals surface area contributed by atoms with Gasteiger partial charge in [0.1, 0.15) is 0 Å². The van der Waals surface area contributed by atoms with Gasteiger partial charge in [0, 0.05) is 32.8 Å². The highest BCUT2D eigenvalue weighted by atomic mass is 16.5. The molecule has 1 heterocycles. The van der Waals surface area contributed by atoms with Crippen LogP contribution in [0.2, 0.25) is 0 Å². The van der Waals surface area contributed by atoms with Gasteiger partial charge in [-0.1, -0.05) is 27.7 Å². The van der Waals surface area contributed by atoms with E-state index in [1.54, 1.807) is 0 Å². The van der Waals surface area contributed by atoms with E-state index in [1.807, 2.05) is 0 Å². The Hall–Kier alpha value is -0.120. The van der Waals surface area contributed by atoms with Gasteiger partial charge in [0.2, 0.25) is 0 Å². The van der Waals surface area contributed by atoms with Gasteiger partial charge in [0.15, 0.2) is 0 Å². The summed E-state index contributed by atoms with van der Waals surface area (Å²) in [6, 6.07) is 0. The van der Waals surface area contributed by atoms with Crippen molar-refractivity contribution in [1.82, 2.24) is 10.2 Å². The van der Waals surface area contributed by atoms with Gasteiger partial charge in [-0.25, -0.2) is 0 Å². The van der Waals surface area contributed by atoms with E-state index in [2.05, 4.69) is 45.0 Å². The van der Waals surface area contributed by atoms with Crippen LogP contribution in [-0.4, -0.2) is 51.3 Å². The predicted molar refractivity (Wildman–Crippen MR) is 82.5 cm³/mol. The van der Waals surface area contributed by atoms with E-state index in [0.717, 1.165) is 44.7 Å². The van der Waals surface area contributed by atoms with Crippen LogP contribution in [0.1, 0.15) is 40.5 Å². The molecule has 0 saturated carbocycles. The van der Waals surface area contributed by atoms with Gasteiger partial charge in [-0.3, -0.25) is 0 Å². The van der Waals surface area contributed by atoms with Crippen LogP contribution in [-0.2, 0) is 4.74 Å². The Labute approximate surface area is 120 Å². The van der Waals surface area contributed by atoms with Gasteiger partial charge in [-0.05, 0) is 43.7 Å². The molecule has 0 atom stereocenters. The Morgan fingerprint density at radius 2 is 1.89 bits per heavy atom. The van der Waals surface area contributed by atoms with Crippen LogP contribution in [0.4, 0.5) is 0 Å². The highest BCUT2D eigenvalue weighted by Gasteiger charge is 2.22. The van der Waals surface area contributed by atoms with Gasteiger partial charge in [0.25, 0.3) is 0 Å². The van der Waals surface area contributed by atoms with Crippen LogP contribution in [0.3, 0.4) is 0 Å². The topological polar surface area (TPSA) is 24.5 Å². The molecule has 0 radical (unpaired) electrons. The van der Waals surface area contributed by atoms with Crippen molar-refractivity contribution in [2.45, 2.75) is 40.5 Å². The minimum atomic E-state index is 0.342. The summed E-state index contributed by atoms with van der Waals surface area (Å²) in [5.41, 5.74) is 0.342. The summed E-state index contributed by atoms with van der Waals surface area (Å²) >= 11 is 0. The van der Waals surface area contributed by atoms with E-state index >= 15 is 0 Å². The van der Waals surface area contributed by atoms with Crippen LogP contribution >= 0.6 is 0 Å².